The zero-order chi connectivity index (χ0) is 9.99. The van der Waals surface area contributed by atoms with Gasteiger partial charge in [-0.2, -0.15) is 0 Å². The Morgan fingerprint density at radius 1 is 1.17 bits per heavy atom. The Morgan fingerprint density at radius 2 is 1.58 bits per heavy atom. The highest BCUT2D eigenvalue weighted by molar-refractivity contribution is 5.68. The van der Waals surface area contributed by atoms with Gasteiger partial charge in [-0.15, -0.1) is 0 Å². The molecular weight excluding hydrogens is 150 g/mol. The molecule has 0 radical (unpaired) electrons. The molecule has 0 heterocycles. The average molecular weight is 171 g/mol. The summed E-state index contributed by atoms with van der Waals surface area (Å²) in [5.41, 5.74) is -0.883. The van der Waals surface area contributed by atoms with E-state index in [1.54, 1.807) is 13.1 Å². The van der Waals surface area contributed by atoms with Crippen molar-refractivity contribution in [3.8, 4) is 0 Å². The molecule has 0 spiro atoms. The predicted octanol–water partition coefficient (Wildman–Crippen LogP) is 2.26. The molecule has 0 aromatic heterocycles. The molecule has 0 fully saturated rings. The zero-order valence-electron chi connectivity index (χ0n) is 9.05. The highest BCUT2D eigenvalue weighted by Gasteiger charge is 2.22. The van der Waals surface area contributed by atoms with Crippen molar-refractivity contribution in [3.63, 3.8) is 0 Å². The molecule has 0 aromatic rings. The third-order valence-electron chi connectivity index (χ3n) is 1.88. The maximum atomic E-state index is 9.81. The van der Waals surface area contributed by atoms with Crippen LogP contribution in [0.4, 0.5) is 0 Å². The summed E-state index contributed by atoms with van der Waals surface area (Å²) in [5.74, 6) is 0.198. The van der Waals surface area contributed by atoms with Crippen molar-refractivity contribution in [1.82, 2.24) is 0 Å². The molecule has 0 aliphatic rings. The largest absolute Gasteiger partial charge is 0.384 e. The van der Waals surface area contributed by atoms with Crippen LogP contribution in [-0.4, -0.2) is 22.5 Å². The molecule has 0 bridgehead atoms. The van der Waals surface area contributed by atoms with E-state index in [2.05, 4.69) is 4.99 Å². The molecule has 0 aromatic carbocycles. The second kappa shape index (κ2) is 3.56. The lowest BCUT2D eigenvalue weighted by Crippen LogP contribution is -2.33. The van der Waals surface area contributed by atoms with Gasteiger partial charge in [0.2, 0.25) is 0 Å². The number of hydrogen-bond acceptors (Lipinski definition) is 2. The van der Waals surface area contributed by atoms with Crippen LogP contribution in [0, 0.1) is 5.92 Å². The first-order valence-corrected chi connectivity index (χ1v) is 4.44. The fourth-order valence-corrected chi connectivity index (χ4v) is 0.473. The standard InChI is InChI=1S/C10H21NO/c1-8(2)10(6,12)7-11-9(3,4)5/h7-8,12H,1-6H3/t10-/m0/s1. The molecule has 72 valence electrons. The number of rotatable bonds is 2. The van der Waals surface area contributed by atoms with Crippen molar-refractivity contribution in [1.29, 1.82) is 0 Å². The van der Waals surface area contributed by atoms with E-state index < -0.39 is 5.60 Å². The Hall–Kier alpha value is -0.370. The summed E-state index contributed by atoms with van der Waals surface area (Å²) in [6, 6.07) is 0. The quantitative estimate of drug-likeness (QED) is 0.635. The molecule has 2 heteroatoms. The van der Waals surface area contributed by atoms with Crippen LogP contribution in [0.25, 0.3) is 0 Å². The average Bonchev–Trinajstić information content (AvgIpc) is 1.82. The minimum atomic E-state index is -0.784. The van der Waals surface area contributed by atoms with Gasteiger partial charge in [-0.25, -0.2) is 0 Å². The van der Waals surface area contributed by atoms with Crippen LogP contribution in [0.3, 0.4) is 0 Å². The second-order valence-corrected chi connectivity index (χ2v) is 4.81. The van der Waals surface area contributed by atoms with Crippen molar-refractivity contribution in [2.45, 2.75) is 52.7 Å². The van der Waals surface area contributed by atoms with Gasteiger partial charge in [-0.05, 0) is 33.6 Å². The Kier molecular flexibility index (Phi) is 3.45. The van der Waals surface area contributed by atoms with Gasteiger partial charge in [0, 0.05) is 6.21 Å². The highest BCUT2D eigenvalue weighted by Crippen LogP contribution is 2.15. The molecule has 0 aliphatic carbocycles. The minimum Gasteiger partial charge on any atom is -0.384 e. The fraction of sp³-hybridized carbons (Fsp3) is 0.900. The molecule has 2 nitrogen and oxygen atoms in total. The third-order valence-corrected chi connectivity index (χ3v) is 1.88. The summed E-state index contributed by atoms with van der Waals surface area (Å²) in [7, 11) is 0. The van der Waals surface area contributed by atoms with Crippen molar-refractivity contribution in [3.05, 3.63) is 0 Å². The van der Waals surface area contributed by atoms with Gasteiger partial charge in [0.1, 0.15) is 0 Å². The maximum Gasteiger partial charge on any atom is 0.0987 e. The van der Waals surface area contributed by atoms with E-state index in [0.717, 1.165) is 0 Å². The summed E-state index contributed by atoms with van der Waals surface area (Å²) in [6.45, 7) is 11.8. The van der Waals surface area contributed by atoms with Gasteiger partial charge in [0.15, 0.2) is 0 Å². The number of aliphatic imine (C=N–C) groups is 1. The van der Waals surface area contributed by atoms with Gasteiger partial charge in [-0.1, -0.05) is 13.8 Å². The van der Waals surface area contributed by atoms with Crippen molar-refractivity contribution >= 4 is 6.21 Å². The molecule has 1 atom stereocenters. The summed E-state index contributed by atoms with van der Waals surface area (Å²) in [4.78, 5) is 4.27. The van der Waals surface area contributed by atoms with E-state index in [-0.39, 0.29) is 11.5 Å². The van der Waals surface area contributed by atoms with Crippen molar-refractivity contribution < 1.29 is 5.11 Å². The summed E-state index contributed by atoms with van der Waals surface area (Å²) >= 11 is 0. The van der Waals surface area contributed by atoms with Crippen LogP contribution in [-0.2, 0) is 0 Å². The number of aliphatic hydroxyl groups is 1. The fourth-order valence-electron chi connectivity index (χ4n) is 0.473. The first-order valence-electron chi connectivity index (χ1n) is 4.44. The second-order valence-electron chi connectivity index (χ2n) is 4.81. The summed E-state index contributed by atoms with van der Waals surface area (Å²) < 4.78 is 0. The van der Waals surface area contributed by atoms with Crippen molar-refractivity contribution in [2.75, 3.05) is 0 Å². The van der Waals surface area contributed by atoms with E-state index in [0.29, 0.717) is 0 Å². The van der Waals surface area contributed by atoms with E-state index in [4.69, 9.17) is 0 Å². The lowest BCUT2D eigenvalue weighted by atomic mass is 9.94. The molecule has 0 saturated carbocycles. The molecule has 0 saturated heterocycles. The van der Waals surface area contributed by atoms with Crippen LogP contribution in [0.1, 0.15) is 41.5 Å². The smallest absolute Gasteiger partial charge is 0.0987 e. The van der Waals surface area contributed by atoms with Crippen LogP contribution >= 0.6 is 0 Å². The van der Waals surface area contributed by atoms with Crippen LogP contribution in [0.5, 0.6) is 0 Å². The Labute approximate surface area is 75.7 Å². The lowest BCUT2D eigenvalue weighted by Gasteiger charge is -2.24. The van der Waals surface area contributed by atoms with Crippen LogP contribution < -0.4 is 0 Å². The summed E-state index contributed by atoms with van der Waals surface area (Å²) in [5, 5.41) is 9.81. The first kappa shape index (κ1) is 11.6. The van der Waals surface area contributed by atoms with Gasteiger partial charge < -0.3 is 5.11 Å². The Morgan fingerprint density at radius 3 is 1.83 bits per heavy atom. The van der Waals surface area contributed by atoms with Gasteiger partial charge in [0.25, 0.3) is 0 Å². The van der Waals surface area contributed by atoms with E-state index in [1.807, 2.05) is 34.6 Å². The van der Waals surface area contributed by atoms with E-state index in [1.165, 1.54) is 0 Å². The molecule has 0 unspecified atom stereocenters. The Bertz CT molecular complexity index is 163. The monoisotopic (exact) mass is 171 g/mol. The van der Waals surface area contributed by atoms with E-state index in [9.17, 15) is 5.11 Å². The number of hydrogen-bond donors (Lipinski definition) is 1. The maximum absolute atomic E-state index is 9.81. The Balaban J connectivity index is 4.34. The topological polar surface area (TPSA) is 32.6 Å². The predicted molar refractivity (Wildman–Crippen MR) is 53.7 cm³/mol. The molecule has 0 rings (SSSR count). The third kappa shape index (κ3) is 4.50. The van der Waals surface area contributed by atoms with Gasteiger partial charge >= 0.3 is 0 Å². The first-order chi connectivity index (χ1) is 5.15. The zero-order valence-corrected chi connectivity index (χ0v) is 9.05. The van der Waals surface area contributed by atoms with E-state index >= 15 is 0 Å². The SMILES string of the molecule is CC(C)[C@@](C)(O)C=NC(C)(C)C. The summed E-state index contributed by atoms with van der Waals surface area (Å²) in [6.07, 6.45) is 1.65. The van der Waals surface area contributed by atoms with Gasteiger partial charge in [0.05, 0.1) is 11.1 Å². The highest BCUT2D eigenvalue weighted by atomic mass is 16.3. The van der Waals surface area contributed by atoms with Crippen LogP contribution in [0.2, 0.25) is 0 Å². The molecular formula is C10H21NO. The van der Waals surface area contributed by atoms with Crippen LogP contribution in [0.15, 0.2) is 4.99 Å². The molecule has 0 amide bonds. The minimum absolute atomic E-state index is 0.0983. The molecule has 0 aliphatic heterocycles. The number of nitrogens with zero attached hydrogens (tertiary/aromatic N) is 1. The molecule has 1 N–H and O–H groups in total. The van der Waals surface area contributed by atoms with Gasteiger partial charge in [-0.3, -0.25) is 4.99 Å². The normalized spacial score (nSPS) is 18.7. The van der Waals surface area contributed by atoms with Crippen molar-refractivity contribution in [2.24, 2.45) is 10.9 Å². The molecule has 12 heavy (non-hydrogen) atoms. The lowest BCUT2D eigenvalue weighted by molar-refractivity contribution is 0.0872.